The van der Waals surface area contributed by atoms with E-state index in [1.165, 1.54) is 12.4 Å². The third kappa shape index (κ3) is 3.66. The standard InChI is InChI=1S/C14H12F3N3O4S/c15-14(16,17)24-9-2-1-3-10(6-9)25(22,23)20-5-4-11-12(7-20)18-8-19-13(11)21/h1-3,6,8H,4-5,7H2,(H,18,19,21). The van der Waals surface area contributed by atoms with Crippen molar-refractivity contribution in [2.75, 3.05) is 6.54 Å². The normalized spacial score (nSPS) is 15.6. The number of ether oxygens (including phenoxy) is 1. The molecule has 0 spiro atoms. The molecule has 1 N–H and O–H groups in total. The van der Waals surface area contributed by atoms with Gasteiger partial charge >= 0.3 is 6.36 Å². The molecule has 0 bridgehead atoms. The Balaban J connectivity index is 1.90. The van der Waals surface area contributed by atoms with Crippen LogP contribution in [-0.2, 0) is 23.0 Å². The molecule has 25 heavy (non-hydrogen) atoms. The van der Waals surface area contributed by atoms with E-state index in [-0.39, 0.29) is 30.0 Å². The van der Waals surface area contributed by atoms with Crippen LogP contribution in [0.3, 0.4) is 0 Å². The van der Waals surface area contributed by atoms with E-state index in [0.717, 1.165) is 22.5 Å². The molecule has 1 aliphatic heterocycles. The van der Waals surface area contributed by atoms with Gasteiger partial charge in [-0.2, -0.15) is 4.31 Å². The van der Waals surface area contributed by atoms with Gasteiger partial charge in [-0.25, -0.2) is 13.4 Å². The van der Waals surface area contributed by atoms with Crippen molar-refractivity contribution < 1.29 is 26.3 Å². The summed E-state index contributed by atoms with van der Waals surface area (Å²) in [6.45, 7) is -0.111. The number of halogens is 3. The molecule has 7 nitrogen and oxygen atoms in total. The average molecular weight is 375 g/mol. The van der Waals surface area contributed by atoms with Gasteiger partial charge in [0.05, 0.1) is 23.5 Å². The quantitative estimate of drug-likeness (QED) is 0.876. The summed E-state index contributed by atoms with van der Waals surface area (Å²) in [7, 11) is -4.06. The first kappa shape index (κ1) is 17.4. The highest BCUT2D eigenvalue weighted by molar-refractivity contribution is 7.89. The summed E-state index contributed by atoms with van der Waals surface area (Å²) in [4.78, 5) is 17.7. The van der Waals surface area contributed by atoms with E-state index in [4.69, 9.17) is 0 Å². The molecule has 1 aliphatic rings. The lowest BCUT2D eigenvalue weighted by Crippen LogP contribution is -2.38. The van der Waals surface area contributed by atoms with Crippen LogP contribution in [0.2, 0.25) is 0 Å². The number of aromatic amines is 1. The maximum Gasteiger partial charge on any atom is 0.573 e. The third-order valence-corrected chi connectivity index (χ3v) is 5.49. The molecule has 0 radical (unpaired) electrons. The van der Waals surface area contributed by atoms with Crippen LogP contribution in [0.1, 0.15) is 11.3 Å². The van der Waals surface area contributed by atoms with Crippen LogP contribution < -0.4 is 10.3 Å². The zero-order chi connectivity index (χ0) is 18.2. The number of hydrogen-bond acceptors (Lipinski definition) is 5. The van der Waals surface area contributed by atoms with Crippen molar-refractivity contribution >= 4 is 10.0 Å². The van der Waals surface area contributed by atoms with Gasteiger partial charge in [-0.15, -0.1) is 13.2 Å². The number of hydrogen-bond donors (Lipinski definition) is 1. The van der Waals surface area contributed by atoms with Crippen molar-refractivity contribution in [1.29, 1.82) is 0 Å². The zero-order valence-corrected chi connectivity index (χ0v) is 13.4. The van der Waals surface area contributed by atoms with E-state index in [1.54, 1.807) is 0 Å². The first-order chi connectivity index (χ1) is 11.7. The summed E-state index contributed by atoms with van der Waals surface area (Å²) in [5.41, 5.74) is 0.395. The van der Waals surface area contributed by atoms with Crippen molar-refractivity contribution in [3.63, 3.8) is 0 Å². The van der Waals surface area contributed by atoms with Gasteiger partial charge in [0.2, 0.25) is 10.0 Å². The number of sulfonamides is 1. The van der Waals surface area contributed by atoms with Crippen molar-refractivity contribution in [3.05, 3.63) is 52.2 Å². The lowest BCUT2D eigenvalue weighted by molar-refractivity contribution is -0.274. The fourth-order valence-electron chi connectivity index (χ4n) is 2.53. The number of nitrogens with zero attached hydrogens (tertiary/aromatic N) is 2. The maximum absolute atomic E-state index is 12.7. The predicted molar refractivity (Wildman–Crippen MR) is 79.3 cm³/mol. The summed E-state index contributed by atoms with van der Waals surface area (Å²) in [5, 5.41) is 0. The van der Waals surface area contributed by atoms with Gasteiger partial charge in [-0.1, -0.05) is 6.07 Å². The number of aromatic nitrogens is 2. The second kappa shape index (κ2) is 6.15. The van der Waals surface area contributed by atoms with Gasteiger partial charge in [0.1, 0.15) is 5.75 Å². The Bertz CT molecular complexity index is 956. The van der Waals surface area contributed by atoms with Crippen molar-refractivity contribution in [2.24, 2.45) is 0 Å². The number of alkyl halides is 3. The van der Waals surface area contributed by atoms with Crippen LogP contribution in [0.4, 0.5) is 13.2 Å². The topological polar surface area (TPSA) is 92.4 Å². The van der Waals surface area contributed by atoms with Gasteiger partial charge < -0.3 is 9.72 Å². The van der Waals surface area contributed by atoms with Crippen LogP contribution in [0.25, 0.3) is 0 Å². The molecule has 1 aromatic heterocycles. The van der Waals surface area contributed by atoms with Crippen molar-refractivity contribution in [2.45, 2.75) is 24.2 Å². The minimum Gasteiger partial charge on any atom is -0.406 e. The maximum atomic E-state index is 12.7. The lowest BCUT2D eigenvalue weighted by atomic mass is 10.1. The third-order valence-electron chi connectivity index (χ3n) is 3.65. The lowest BCUT2D eigenvalue weighted by Gasteiger charge is -2.26. The summed E-state index contributed by atoms with van der Waals surface area (Å²) in [6.07, 6.45) is -3.58. The Labute approximate surface area is 140 Å². The minimum atomic E-state index is -4.92. The zero-order valence-electron chi connectivity index (χ0n) is 12.6. The van der Waals surface area contributed by atoms with Crippen molar-refractivity contribution in [1.82, 2.24) is 14.3 Å². The van der Waals surface area contributed by atoms with E-state index in [2.05, 4.69) is 14.7 Å². The largest absolute Gasteiger partial charge is 0.573 e. The highest BCUT2D eigenvalue weighted by Crippen LogP contribution is 2.28. The number of nitrogens with one attached hydrogen (secondary N) is 1. The number of H-pyrrole nitrogens is 1. The predicted octanol–water partition coefficient (Wildman–Crippen LogP) is 1.42. The summed E-state index contributed by atoms with van der Waals surface area (Å²) < 4.78 is 67.1. The summed E-state index contributed by atoms with van der Waals surface area (Å²) in [5.74, 6) is -0.624. The molecule has 0 saturated carbocycles. The monoisotopic (exact) mass is 375 g/mol. The molecule has 0 saturated heterocycles. The summed E-state index contributed by atoms with van der Waals surface area (Å²) >= 11 is 0. The van der Waals surface area contributed by atoms with Gasteiger partial charge in [-0.05, 0) is 18.6 Å². The highest BCUT2D eigenvalue weighted by atomic mass is 32.2. The minimum absolute atomic E-state index is 0.0223. The molecule has 1 aromatic carbocycles. The molecule has 11 heteroatoms. The Morgan fingerprint density at radius 1 is 1.28 bits per heavy atom. The van der Waals surface area contributed by atoms with E-state index in [9.17, 15) is 26.4 Å². The molecule has 3 rings (SSSR count). The molecule has 0 amide bonds. The van der Waals surface area contributed by atoms with Gasteiger partial charge in [0.15, 0.2) is 0 Å². The number of benzene rings is 1. The molecule has 0 fully saturated rings. The highest BCUT2D eigenvalue weighted by Gasteiger charge is 2.33. The second-order valence-electron chi connectivity index (χ2n) is 5.27. The fraction of sp³-hybridized carbons (Fsp3) is 0.286. The van der Waals surface area contributed by atoms with Gasteiger partial charge in [0, 0.05) is 18.2 Å². The van der Waals surface area contributed by atoms with Gasteiger partial charge in [-0.3, -0.25) is 4.79 Å². The molecule has 0 aliphatic carbocycles. The Morgan fingerprint density at radius 2 is 2.04 bits per heavy atom. The Hall–Kier alpha value is -2.40. The van der Waals surface area contributed by atoms with Crippen LogP contribution in [-0.4, -0.2) is 35.6 Å². The SMILES string of the molecule is O=c1[nH]cnc2c1CCN(S(=O)(=O)c1cccc(OC(F)(F)F)c1)C2. The first-order valence-corrected chi connectivity index (χ1v) is 8.52. The van der Waals surface area contributed by atoms with E-state index >= 15 is 0 Å². The van der Waals surface area contributed by atoms with E-state index < -0.39 is 22.1 Å². The van der Waals surface area contributed by atoms with Gasteiger partial charge in [0.25, 0.3) is 5.56 Å². The Morgan fingerprint density at radius 3 is 2.76 bits per heavy atom. The van der Waals surface area contributed by atoms with Crippen molar-refractivity contribution in [3.8, 4) is 5.75 Å². The smallest absolute Gasteiger partial charge is 0.406 e. The van der Waals surface area contributed by atoms with Crippen LogP contribution in [0, 0.1) is 0 Å². The molecule has 0 atom stereocenters. The average Bonchev–Trinajstić information content (AvgIpc) is 2.53. The fourth-order valence-corrected chi connectivity index (χ4v) is 3.97. The molecule has 0 unspecified atom stereocenters. The molecule has 134 valence electrons. The first-order valence-electron chi connectivity index (χ1n) is 7.08. The summed E-state index contributed by atoms with van der Waals surface area (Å²) in [6, 6.07) is 4.16. The second-order valence-corrected chi connectivity index (χ2v) is 7.21. The van der Waals surface area contributed by atoms with E-state index in [1.807, 2.05) is 0 Å². The number of fused-ring (bicyclic) bond motifs is 1. The molecular formula is C14H12F3N3O4S. The Kier molecular flexibility index (Phi) is 4.29. The number of rotatable bonds is 3. The van der Waals surface area contributed by atoms with Crippen LogP contribution in [0.5, 0.6) is 5.75 Å². The molecule has 2 heterocycles. The van der Waals surface area contributed by atoms with Crippen LogP contribution >= 0.6 is 0 Å². The van der Waals surface area contributed by atoms with E-state index in [0.29, 0.717) is 11.3 Å². The van der Waals surface area contributed by atoms with Crippen LogP contribution in [0.15, 0.2) is 40.3 Å². The molecular weight excluding hydrogens is 363 g/mol. The molecule has 2 aromatic rings.